The average Bonchev–Trinajstić information content (AvgIpc) is 2.29. The van der Waals surface area contributed by atoms with Gasteiger partial charge in [-0.3, -0.25) is 10.1 Å². The molecule has 90 valence electrons. The number of alkyl halides is 1. The molecule has 0 atom stereocenters. The highest BCUT2D eigenvalue weighted by Crippen LogP contribution is 2.00. The third-order valence-electron chi connectivity index (χ3n) is 1.86. The Bertz CT molecular complexity index is 178. The van der Waals surface area contributed by atoms with Crippen LogP contribution < -0.4 is 5.32 Å². The van der Waals surface area contributed by atoms with Crippen LogP contribution in [-0.4, -0.2) is 65.7 Å². The minimum absolute atomic E-state index is 0.104. The van der Waals surface area contributed by atoms with Crippen LogP contribution in [0.15, 0.2) is 0 Å². The van der Waals surface area contributed by atoms with Crippen LogP contribution in [0.3, 0.4) is 0 Å². The topological polar surface area (TPSA) is 99.0 Å². The summed E-state index contributed by atoms with van der Waals surface area (Å²) in [6.07, 6.45) is 0. The Kier molecular flexibility index (Phi) is 7.63. The summed E-state index contributed by atoms with van der Waals surface area (Å²) in [5.74, 6) is -0.355. The number of hydrogen-bond donors (Lipinski definition) is 4. The number of esters is 1. The lowest BCUT2D eigenvalue weighted by Crippen LogP contribution is -2.56. The van der Waals surface area contributed by atoms with Crippen LogP contribution in [0, 0.1) is 0 Å². The Morgan fingerprint density at radius 3 is 2.20 bits per heavy atom. The van der Waals surface area contributed by atoms with Gasteiger partial charge in [-0.25, -0.2) is 0 Å². The molecule has 7 heteroatoms. The van der Waals surface area contributed by atoms with Crippen LogP contribution in [-0.2, 0) is 9.53 Å². The fourth-order valence-corrected chi connectivity index (χ4v) is 0.858. The van der Waals surface area contributed by atoms with E-state index in [9.17, 15) is 4.79 Å². The highest BCUT2D eigenvalue weighted by atomic mass is 35.5. The average molecular weight is 242 g/mol. The molecule has 0 aliphatic carbocycles. The van der Waals surface area contributed by atoms with Crippen LogP contribution in [0.1, 0.15) is 0 Å². The predicted molar refractivity (Wildman–Crippen MR) is 53.7 cm³/mol. The van der Waals surface area contributed by atoms with Crippen LogP contribution >= 0.6 is 11.6 Å². The number of carbonyl (C=O) groups excluding carboxylic acids is 1. The van der Waals surface area contributed by atoms with Gasteiger partial charge in [0.05, 0.1) is 37.8 Å². The summed E-state index contributed by atoms with van der Waals surface area (Å²) in [5, 5.41) is 29.3. The van der Waals surface area contributed by atoms with Gasteiger partial charge in [0.25, 0.3) is 0 Å². The molecule has 4 N–H and O–H groups in total. The lowest BCUT2D eigenvalue weighted by Gasteiger charge is -2.28. The summed E-state index contributed by atoms with van der Waals surface area (Å²) >= 11 is 5.30. The Morgan fingerprint density at radius 2 is 1.80 bits per heavy atom. The van der Waals surface area contributed by atoms with Crippen molar-refractivity contribution in [2.45, 2.75) is 5.54 Å². The fourth-order valence-electron chi connectivity index (χ4n) is 0.781. The molecule has 0 saturated heterocycles. The first-order chi connectivity index (χ1) is 7.14. The number of nitrogens with one attached hydrogen (secondary N) is 1. The Balaban J connectivity index is 3.93. The number of halogens is 1. The van der Waals surface area contributed by atoms with E-state index in [1.165, 1.54) is 0 Å². The van der Waals surface area contributed by atoms with E-state index >= 15 is 0 Å². The first-order valence-corrected chi connectivity index (χ1v) is 4.97. The van der Waals surface area contributed by atoms with Crippen molar-refractivity contribution in [2.24, 2.45) is 0 Å². The van der Waals surface area contributed by atoms with E-state index in [2.05, 4.69) is 10.1 Å². The number of rotatable bonds is 8. The summed E-state index contributed by atoms with van der Waals surface area (Å²) in [6.45, 7) is -1.56. The van der Waals surface area contributed by atoms with Crippen LogP contribution in [0.5, 0.6) is 0 Å². The second-order valence-corrected chi connectivity index (χ2v) is 3.40. The molecule has 0 aromatic carbocycles. The molecule has 0 rings (SSSR count). The van der Waals surface area contributed by atoms with E-state index in [4.69, 9.17) is 26.9 Å². The van der Waals surface area contributed by atoms with E-state index in [1.807, 2.05) is 0 Å². The van der Waals surface area contributed by atoms with Crippen molar-refractivity contribution in [1.29, 1.82) is 0 Å². The smallest absolute Gasteiger partial charge is 0.319 e. The number of ether oxygens (including phenoxy) is 1. The van der Waals surface area contributed by atoms with Gasteiger partial charge in [0.1, 0.15) is 6.61 Å². The van der Waals surface area contributed by atoms with E-state index in [0.29, 0.717) is 0 Å². The van der Waals surface area contributed by atoms with Gasteiger partial charge in [0.2, 0.25) is 0 Å². The molecule has 0 bridgehead atoms. The second-order valence-electron chi connectivity index (χ2n) is 3.02. The van der Waals surface area contributed by atoms with E-state index in [1.54, 1.807) is 0 Å². The molecule has 0 amide bonds. The SMILES string of the molecule is O=C(CNC(CO)(CO)CO)OCCCl. The monoisotopic (exact) mass is 241 g/mol. The first-order valence-electron chi connectivity index (χ1n) is 4.43. The molecule has 0 aromatic rings. The van der Waals surface area contributed by atoms with Gasteiger partial charge >= 0.3 is 5.97 Å². The Morgan fingerprint density at radius 1 is 1.27 bits per heavy atom. The zero-order valence-electron chi connectivity index (χ0n) is 8.28. The maximum atomic E-state index is 11.0. The summed E-state index contributed by atoms with van der Waals surface area (Å²) in [7, 11) is 0. The van der Waals surface area contributed by atoms with Crippen LogP contribution in [0.4, 0.5) is 0 Å². The summed E-state index contributed by atoms with van der Waals surface area (Å²) in [6, 6.07) is 0. The van der Waals surface area contributed by atoms with Crippen molar-refractivity contribution < 1.29 is 24.9 Å². The molecule has 0 saturated carbocycles. The number of aliphatic hydroxyl groups is 3. The third-order valence-corrected chi connectivity index (χ3v) is 2.01. The Hall–Kier alpha value is -0.400. The van der Waals surface area contributed by atoms with Gasteiger partial charge in [-0.15, -0.1) is 11.6 Å². The zero-order chi connectivity index (χ0) is 11.7. The molecule has 0 aliphatic rings. The van der Waals surface area contributed by atoms with E-state index < -0.39 is 31.3 Å². The predicted octanol–water partition coefficient (Wildman–Crippen LogP) is -1.93. The van der Waals surface area contributed by atoms with Crippen molar-refractivity contribution in [1.82, 2.24) is 5.32 Å². The normalized spacial score (nSPS) is 11.5. The van der Waals surface area contributed by atoms with Gasteiger partial charge in [0, 0.05) is 0 Å². The van der Waals surface area contributed by atoms with Crippen molar-refractivity contribution in [3.8, 4) is 0 Å². The largest absolute Gasteiger partial charge is 0.463 e. The standard InChI is InChI=1S/C8H16ClNO5/c9-1-2-15-7(14)3-10-8(4-11,5-12)6-13/h10-13H,1-6H2. The molecule has 0 aromatic heterocycles. The molecule has 0 heterocycles. The molecule has 0 radical (unpaired) electrons. The highest BCUT2D eigenvalue weighted by Gasteiger charge is 2.28. The highest BCUT2D eigenvalue weighted by molar-refractivity contribution is 6.18. The fraction of sp³-hybridized carbons (Fsp3) is 0.875. The third kappa shape index (κ3) is 5.29. The summed E-state index contributed by atoms with van der Waals surface area (Å²) in [5.41, 5.74) is -1.26. The van der Waals surface area contributed by atoms with Gasteiger partial charge in [-0.1, -0.05) is 0 Å². The first kappa shape index (κ1) is 14.6. The maximum Gasteiger partial charge on any atom is 0.319 e. The van der Waals surface area contributed by atoms with Crippen LogP contribution in [0.2, 0.25) is 0 Å². The minimum Gasteiger partial charge on any atom is -0.463 e. The Labute approximate surface area is 92.8 Å². The lowest BCUT2D eigenvalue weighted by molar-refractivity contribution is -0.142. The van der Waals surface area contributed by atoms with Gasteiger partial charge in [0.15, 0.2) is 0 Å². The van der Waals surface area contributed by atoms with Gasteiger partial charge in [-0.2, -0.15) is 0 Å². The maximum absolute atomic E-state index is 11.0. The minimum atomic E-state index is -1.26. The van der Waals surface area contributed by atoms with E-state index in [-0.39, 0.29) is 19.0 Å². The lowest BCUT2D eigenvalue weighted by atomic mass is 10.0. The van der Waals surface area contributed by atoms with Crippen LogP contribution in [0.25, 0.3) is 0 Å². The van der Waals surface area contributed by atoms with Gasteiger partial charge < -0.3 is 20.1 Å². The van der Waals surface area contributed by atoms with E-state index in [0.717, 1.165) is 0 Å². The molecule has 0 aliphatic heterocycles. The van der Waals surface area contributed by atoms with Crippen molar-refractivity contribution in [2.75, 3.05) is 38.9 Å². The van der Waals surface area contributed by atoms with Crippen molar-refractivity contribution in [3.05, 3.63) is 0 Å². The molecule has 15 heavy (non-hydrogen) atoms. The number of hydrogen-bond acceptors (Lipinski definition) is 6. The molecule has 0 spiro atoms. The number of aliphatic hydroxyl groups excluding tert-OH is 3. The van der Waals surface area contributed by atoms with Crippen molar-refractivity contribution in [3.63, 3.8) is 0 Å². The second kappa shape index (κ2) is 7.84. The van der Waals surface area contributed by atoms with Gasteiger partial charge in [-0.05, 0) is 0 Å². The molecular weight excluding hydrogens is 226 g/mol. The molecule has 0 unspecified atom stereocenters. The zero-order valence-corrected chi connectivity index (χ0v) is 9.03. The molecule has 6 nitrogen and oxygen atoms in total. The quantitative estimate of drug-likeness (QED) is 0.292. The molecule has 0 fully saturated rings. The summed E-state index contributed by atoms with van der Waals surface area (Å²) < 4.78 is 4.64. The molecular formula is C8H16ClNO5. The summed E-state index contributed by atoms with van der Waals surface area (Å²) in [4.78, 5) is 11.0. The van der Waals surface area contributed by atoms with Crippen molar-refractivity contribution >= 4 is 17.6 Å². The number of carbonyl (C=O) groups is 1.